The molecular formula is C3H6N2OS. The summed E-state index contributed by atoms with van der Waals surface area (Å²) in [5, 5.41) is 0. The molecule has 0 aromatic rings. The molecule has 4 heteroatoms. The number of carbonyl (C=O) groups excluding carboxylic acids is 1. The van der Waals surface area contributed by atoms with Crippen LogP contribution in [0.25, 0.3) is 0 Å². The minimum Gasteiger partial charge on any atom is -0.279 e. The van der Waals surface area contributed by atoms with Crippen LogP contribution in [0, 0.1) is 0 Å². The van der Waals surface area contributed by atoms with E-state index in [1.54, 1.807) is 0 Å². The Hall–Kier alpha value is -0.220. The monoisotopic (exact) mass is 118 g/mol. The molecule has 3 nitrogen and oxygen atoms in total. The van der Waals surface area contributed by atoms with Crippen LogP contribution in [0.5, 0.6) is 0 Å². The lowest BCUT2D eigenvalue weighted by molar-refractivity contribution is -0.120. The largest absolute Gasteiger partial charge is 0.279 e. The number of hydrogen-bond acceptors (Lipinski definition) is 3. The highest BCUT2D eigenvalue weighted by Crippen LogP contribution is 1.98. The predicted molar refractivity (Wildman–Crippen MR) is 28.5 cm³/mol. The zero-order chi connectivity index (χ0) is 5.28. The van der Waals surface area contributed by atoms with Gasteiger partial charge in [0.15, 0.2) is 0 Å². The highest BCUT2D eigenvalue weighted by Gasteiger charge is 2.13. The molecule has 0 aliphatic carbocycles. The number of amides is 1. The maximum Gasteiger partial charge on any atom is 0.236 e. The number of nitrogens with one attached hydrogen (secondary N) is 1. The maximum atomic E-state index is 10.3. The first-order chi connectivity index (χ1) is 3.29. The van der Waals surface area contributed by atoms with Crippen molar-refractivity contribution >= 4 is 18.7 Å². The molecule has 7 heavy (non-hydrogen) atoms. The van der Waals surface area contributed by atoms with Gasteiger partial charge in [0.1, 0.15) is 0 Å². The van der Waals surface area contributed by atoms with Crippen molar-refractivity contribution in [2.75, 3.05) is 6.54 Å². The van der Waals surface area contributed by atoms with Crippen molar-refractivity contribution in [3.8, 4) is 0 Å². The third-order valence-corrected chi connectivity index (χ3v) is 1.10. The molecule has 0 unspecified atom stereocenters. The van der Waals surface area contributed by atoms with E-state index in [2.05, 4.69) is 18.2 Å². The second kappa shape index (κ2) is 1.71. The fourth-order valence-corrected chi connectivity index (χ4v) is 0.675. The van der Waals surface area contributed by atoms with Gasteiger partial charge in [0.2, 0.25) is 5.91 Å². The Bertz CT molecular complexity index is 94.9. The van der Waals surface area contributed by atoms with Gasteiger partial charge in [-0.25, -0.2) is 0 Å². The van der Waals surface area contributed by atoms with Gasteiger partial charge >= 0.3 is 0 Å². The second-order valence-corrected chi connectivity index (χ2v) is 1.89. The lowest BCUT2D eigenvalue weighted by atomic mass is 10.5. The highest BCUT2D eigenvalue weighted by atomic mass is 32.1. The number of carbonyl (C=O) groups is 1. The van der Waals surface area contributed by atoms with Gasteiger partial charge in [-0.2, -0.15) is 4.41 Å². The van der Waals surface area contributed by atoms with Gasteiger partial charge in [0.25, 0.3) is 0 Å². The van der Waals surface area contributed by atoms with Gasteiger partial charge in [0, 0.05) is 13.0 Å². The van der Waals surface area contributed by atoms with Gasteiger partial charge < -0.3 is 0 Å². The SMILES string of the molecule is O=C1CCN(S)N1. The highest BCUT2D eigenvalue weighted by molar-refractivity contribution is 7.77. The summed E-state index contributed by atoms with van der Waals surface area (Å²) in [6.07, 6.45) is 0.573. The zero-order valence-corrected chi connectivity index (χ0v) is 4.61. The Kier molecular flexibility index (Phi) is 1.21. The normalized spacial score (nSPS) is 22.7. The van der Waals surface area contributed by atoms with Crippen LogP contribution in [0.2, 0.25) is 0 Å². The Balaban J connectivity index is 2.40. The van der Waals surface area contributed by atoms with Crippen molar-refractivity contribution < 1.29 is 4.79 Å². The minimum absolute atomic E-state index is 0.0509. The lowest BCUT2D eigenvalue weighted by Gasteiger charge is -2.00. The Morgan fingerprint density at radius 1 is 1.86 bits per heavy atom. The second-order valence-electron chi connectivity index (χ2n) is 1.41. The molecule has 1 aliphatic rings. The van der Waals surface area contributed by atoms with Gasteiger partial charge in [-0.1, -0.05) is 12.8 Å². The molecule has 0 saturated carbocycles. The minimum atomic E-state index is 0.0509. The first kappa shape index (κ1) is 4.93. The van der Waals surface area contributed by atoms with Crippen LogP contribution in [0.1, 0.15) is 6.42 Å². The van der Waals surface area contributed by atoms with Crippen molar-refractivity contribution in [3.63, 3.8) is 0 Å². The van der Waals surface area contributed by atoms with E-state index in [0.29, 0.717) is 13.0 Å². The molecule has 40 valence electrons. The number of hydrogen-bond donors (Lipinski definition) is 2. The number of hydrazine groups is 1. The van der Waals surface area contributed by atoms with Crippen molar-refractivity contribution in [1.29, 1.82) is 0 Å². The standard InChI is InChI=1S/C3H6N2OS/c6-3-1-2-5(7)4-3/h7H,1-2H2,(H,4,6). The molecule has 0 aromatic carbocycles. The van der Waals surface area contributed by atoms with Crippen molar-refractivity contribution in [2.45, 2.75) is 6.42 Å². The molecule has 0 bridgehead atoms. The summed E-state index contributed by atoms with van der Waals surface area (Å²) >= 11 is 3.85. The van der Waals surface area contributed by atoms with Crippen LogP contribution in [-0.4, -0.2) is 16.9 Å². The van der Waals surface area contributed by atoms with E-state index in [-0.39, 0.29) is 5.91 Å². The van der Waals surface area contributed by atoms with Gasteiger partial charge in [-0.05, 0) is 0 Å². The maximum absolute atomic E-state index is 10.3. The van der Waals surface area contributed by atoms with Crippen LogP contribution < -0.4 is 5.43 Å². The Morgan fingerprint density at radius 2 is 2.57 bits per heavy atom. The van der Waals surface area contributed by atoms with E-state index in [1.807, 2.05) is 0 Å². The quantitative estimate of drug-likeness (QED) is 0.423. The summed E-state index contributed by atoms with van der Waals surface area (Å²) in [6, 6.07) is 0. The van der Waals surface area contributed by atoms with E-state index >= 15 is 0 Å². The predicted octanol–water partition coefficient (Wildman–Crippen LogP) is -0.432. The number of rotatable bonds is 0. The summed E-state index contributed by atoms with van der Waals surface area (Å²) in [4.78, 5) is 10.3. The molecule has 1 fully saturated rings. The molecule has 1 heterocycles. The van der Waals surface area contributed by atoms with E-state index in [4.69, 9.17) is 0 Å². The molecule has 0 aromatic heterocycles. The third kappa shape index (κ3) is 1.07. The van der Waals surface area contributed by atoms with E-state index in [0.717, 1.165) is 0 Å². The number of thiol groups is 1. The van der Waals surface area contributed by atoms with Crippen molar-refractivity contribution in [2.24, 2.45) is 0 Å². The summed E-state index contributed by atoms with van der Waals surface area (Å²) < 4.78 is 1.47. The van der Waals surface area contributed by atoms with Crippen LogP contribution in [0.4, 0.5) is 0 Å². The molecule has 1 amide bonds. The average Bonchev–Trinajstić information content (AvgIpc) is 1.87. The van der Waals surface area contributed by atoms with Crippen LogP contribution in [0.3, 0.4) is 0 Å². The molecule has 0 atom stereocenters. The van der Waals surface area contributed by atoms with Crippen molar-refractivity contribution in [1.82, 2.24) is 9.84 Å². The van der Waals surface area contributed by atoms with E-state index < -0.39 is 0 Å². The molecular weight excluding hydrogens is 112 g/mol. The first-order valence-corrected chi connectivity index (χ1v) is 2.45. The fourth-order valence-electron chi connectivity index (χ4n) is 0.463. The lowest BCUT2D eigenvalue weighted by Crippen LogP contribution is -2.23. The summed E-state index contributed by atoms with van der Waals surface area (Å²) in [5.41, 5.74) is 2.48. The molecule has 1 rings (SSSR count). The topological polar surface area (TPSA) is 32.3 Å². The van der Waals surface area contributed by atoms with E-state index in [1.165, 1.54) is 4.41 Å². The Labute approximate surface area is 47.2 Å². The zero-order valence-electron chi connectivity index (χ0n) is 3.72. The van der Waals surface area contributed by atoms with Gasteiger partial charge in [-0.3, -0.25) is 10.2 Å². The fraction of sp³-hybridized carbons (Fsp3) is 0.667. The molecule has 1 saturated heterocycles. The summed E-state index contributed by atoms with van der Waals surface area (Å²) in [7, 11) is 0. The summed E-state index contributed by atoms with van der Waals surface area (Å²) in [5.74, 6) is 0.0509. The van der Waals surface area contributed by atoms with Crippen LogP contribution in [-0.2, 0) is 4.79 Å². The molecule has 0 radical (unpaired) electrons. The number of nitrogens with zero attached hydrogens (tertiary/aromatic N) is 1. The molecule has 1 N–H and O–H groups in total. The first-order valence-electron chi connectivity index (χ1n) is 2.05. The van der Waals surface area contributed by atoms with Crippen LogP contribution in [0.15, 0.2) is 0 Å². The smallest absolute Gasteiger partial charge is 0.236 e. The average molecular weight is 118 g/mol. The van der Waals surface area contributed by atoms with Crippen LogP contribution >= 0.6 is 12.8 Å². The molecule has 1 aliphatic heterocycles. The Morgan fingerprint density at radius 3 is 2.71 bits per heavy atom. The third-order valence-electron chi connectivity index (χ3n) is 0.804. The van der Waals surface area contributed by atoms with Crippen molar-refractivity contribution in [3.05, 3.63) is 0 Å². The summed E-state index contributed by atoms with van der Waals surface area (Å²) in [6.45, 7) is 0.710. The molecule has 0 spiro atoms. The van der Waals surface area contributed by atoms with E-state index in [9.17, 15) is 4.79 Å². The van der Waals surface area contributed by atoms with Gasteiger partial charge in [0.05, 0.1) is 0 Å². The van der Waals surface area contributed by atoms with Gasteiger partial charge in [-0.15, -0.1) is 0 Å².